The van der Waals surface area contributed by atoms with E-state index >= 15 is 0 Å². The van der Waals surface area contributed by atoms with E-state index in [1.807, 2.05) is 6.07 Å². The van der Waals surface area contributed by atoms with Crippen molar-refractivity contribution in [1.29, 1.82) is 0 Å². The van der Waals surface area contributed by atoms with Crippen LogP contribution in [0.3, 0.4) is 0 Å². The fourth-order valence-corrected chi connectivity index (χ4v) is 1.62. The Balaban J connectivity index is 0.00000128. The van der Waals surface area contributed by atoms with Gasteiger partial charge in [-0.2, -0.15) is 6.67 Å². The number of para-hydroxylation sites is 1. The number of hydrogen-bond donors (Lipinski definition) is 0. The van der Waals surface area contributed by atoms with Crippen LogP contribution in [0.2, 0.25) is 0 Å². The molecular weight excluding hydrogens is 287 g/mol. The fraction of sp³-hybridized carbons (Fsp3) is 0.308. The molecule has 0 spiro atoms. The van der Waals surface area contributed by atoms with Crippen molar-refractivity contribution in [3.8, 4) is 0 Å². The number of rotatable bonds is 4. The van der Waals surface area contributed by atoms with Gasteiger partial charge in [0.25, 0.3) is 0 Å². The van der Waals surface area contributed by atoms with Gasteiger partial charge in [0.2, 0.25) is 0 Å². The second-order valence-corrected chi connectivity index (χ2v) is 3.75. The molecule has 0 unspecified atom stereocenters. The molecule has 0 aromatic heterocycles. The maximum atomic E-state index is 2.23. The zero-order valence-corrected chi connectivity index (χ0v) is 11.1. The molecule has 0 aliphatic carbocycles. The number of unbranched alkanes of at least 4 members (excludes halogenated alkanes) is 1. The van der Waals surface area contributed by atoms with Crippen molar-refractivity contribution >= 4 is 5.69 Å². The molecule has 16 heavy (non-hydrogen) atoms. The molecule has 0 saturated heterocycles. The molecule has 0 bridgehead atoms. The summed E-state index contributed by atoms with van der Waals surface area (Å²) in [6, 6.07) is 10.4. The number of hydrogen-bond acceptors (Lipinski definition) is 2. The van der Waals surface area contributed by atoms with Gasteiger partial charge in [-0.05, 0) is 37.5 Å². The van der Waals surface area contributed by atoms with Crippen LogP contribution < -0.4 is 4.90 Å². The molecule has 89 valence electrons. The van der Waals surface area contributed by atoms with Crippen LogP contribution in [0.4, 0.5) is 5.69 Å². The second-order valence-electron chi connectivity index (χ2n) is 3.75. The van der Waals surface area contributed by atoms with E-state index in [0.717, 1.165) is 6.54 Å². The Morgan fingerprint density at radius 3 is 2.56 bits per heavy atom. The van der Waals surface area contributed by atoms with Crippen LogP contribution in [0, 0.1) is 6.67 Å². The molecule has 3 heteroatoms. The fourth-order valence-electron chi connectivity index (χ4n) is 1.62. The summed E-state index contributed by atoms with van der Waals surface area (Å²) in [7, 11) is 0. The molecule has 1 aromatic carbocycles. The summed E-state index contributed by atoms with van der Waals surface area (Å²) in [5, 5.41) is 0. The smallest absolute Gasteiger partial charge is 0.0124 e. The van der Waals surface area contributed by atoms with Gasteiger partial charge in [-0.1, -0.05) is 31.5 Å². The van der Waals surface area contributed by atoms with Gasteiger partial charge >= 0.3 is 0 Å². The van der Waals surface area contributed by atoms with Gasteiger partial charge in [-0.3, -0.25) is 0 Å². The first kappa shape index (κ1) is 13.2. The molecule has 0 saturated carbocycles. The molecule has 0 atom stereocenters. The molecule has 1 heterocycles. The average Bonchev–Trinajstić information content (AvgIpc) is 2.76. The average molecular weight is 304 g/mol. The summed E-state index contributed by atoms with van der Waals surface area (Å²) < 4.78 is 0. The van der Waals surface area contributed by atoms with E-state index in [4.69, 9.17) is 0 Å². The van der Waals surface area contributed by atoms with Crippen molar-refractivity contribution in [2.45, 2.75) is 19.8 Å². The second kappa shape index (κ2) is 6.70. The Bertz CT molecular complexity index is 324. The minimum Gasteiger partial charge on any atom is -0.508 e. The summed E-state index contributed by atoms with van der Waals surface area (Å²) in [5.74, 6) is 0. The van der Waals surface area contributed by atoms with Crippen LogP contribution in [0.5, 0.6) is 0 Å². The first-order valence-corrected chi connectivity index (χ1v) is 5.52. The zero-order valence-electron chi connectivity index (χ0n) is 9.47. The molecule has 1 radical (unpaired) electrons. The monoisotopic (exact) mass is 304 g/mol. The van der Waals surface area contributed by atoms with E-state index in [9.17, 15) is 0 Å². The number of anilines is 1. The predicted molar refractivity (Wildman–Crippen MR) is 64.0 cm³/mol. The SMILES string of the molecule is CCCCN1C=CN(c2ccccc2)[CH-]1.[Rh]. The normalized spacial score (nSPS) is 14.1. The van der Waals surface area contributed by atoms with E-state index in [-0.39, 0.29) is 19.5 Å². The van der Waals surface area contributed by atoms with Gasteiger partial charge in [0.1, 0.15) is 0 Å². The Morgan fingerprint density at radius 1 is 1.12 bits per heavy atom. The van der Waals surface area contributed by atoms with Gasteiger partial charge in [-0.25, -0.2) is 0 Å². The van der Waals surface area contributed by atoms with Gasteiger partial charge in [0.15, 0.2) is 0 Å². The Labute approximate surface area is 111 Å². The Kier molecular flexibility index (Phi) is 5.55. The molecule has 0 N–H and O–H groups in total. The van der Waals surface area contributed by atoms with Crippen molar-refractivity contribution in [2.75, 3.05) is 11.4 Å². The quantitative estimate of drug-likeness (QED) is 0.622. The minimum atomic E-state index is 0. The van der Waals surface area contributed by atoms with Crippen molar-refractivity contribution in [1.82, 2.24) is 4.90 Å². The van der Waals surface area contributed by atoms with Gasteiger partial charge in [-0.15, -0.1) is 0 Å². The molecule has 1 aromatic rings. The van der Waals surface area contributed by atoms with Crippen molar-refractivity contribution in [3.63, 3.8) is 0 Å². The summed E-state index contributed by atoms with van der Waals surface area (Å²) in [6.07, 6.45) is 6.71. The third-order valence-corrected chi connectivity index (χ3v) is 2.52. The van der Waals surface area contributed by atoms with E-state index in [1.54, 1.807) is 0 Å². The van der Waals surface area contributed by atoms with E-state index in [0.29, 0.717) is 0 Å². The van der Waals surface area contributed by atoms with E-state index < -0.39 is 0 Å². The van der Waals surface area contributed by atoms with Crippen molar-refractivity contribution < 1.29 is 19.5 Å². The molecule has 1 aliphatic heterocycles. The van der Waals surface area contributed by atoms with Crippen molar-refractivity contribution in [3.05, 3.63) is 49.4 Å². The zero-order chi connectivity index (χ0) is 10.5. The van der Waals surface area contributed by atoms with Gasteiger partial charge in [0.05, 0.1) is 0 Å². The van der Waals surface area contributed by atoms with E-state index in [2.05, 4.69) is 60.1 Å². The maximum absolute atomic E-state index is 2.23. The number of nitrogens with zero attached hydrogens (tertiary/aromatic N) is 2. The first-order valence-electron chi connectivity index (χ1n) is 5.52. The summed E-state index contributed by atoms with van der Waals surface area (Å²) in [5.41, 5.74) is 1.22. The minimum absolute atomic E-state index is 0. The van der Waals surface area contributed by atoms with E-state index in [1.165, 1.54) is 18.5 Å². The number of benzene rings is 1. The Hall–Kier alpha value is -0.817. The molecule has 0 amide bonds. The summed E-state index contributed by atoms with van der Waals surface area (Å²) in [4.78, 5) is 4.38. The molecule has 2 nitrogen and oxygen atoms in total. The third kappa shape index (κ3) is 3.35. The molecular formula is C13H17N2Rh-. The molecule has 0 fully saturated rings. The van der Waals surface area contributed by atoms with Crippen LogP contribution in [-0.4, -0.2) is 11.4 Å². The Morgan fingerprint density at radius 2 is 1.88 bits per heavy atom. The summed E-state index contributed by atoms with van der Waals surface area (Å²) >= 11 is 0. The molecule has 2 rings (SSSR count). The maximum Gasteiger partial charge on any atom is 0.0124 e. The van der Waals surface area contributed by atoms with Crippen LogP contribution in [0.25, 0.3) is 0 Å². The third-order valence-electron chi connectivity index (χ3n) is 2.52. The first-order chi connectivity index (χ1) is 7.40. The standard InChI is InChI=1S/C13H17N2.Rh/c1-2-3-9-14-10-11-15(12-14)13-7-5-4-6-8-13;/h4-8,10-12H,2-3,9H2,1H3;/q-1;. The van der Waals surface area contributed by atoms with Crippen LogP contribution in [0.15, 0.2) is 42.7 Å². The largest absolute Gasteiger partial charge is 0.508 e. The topological polar surface area (TPSA) is 6.48 Å². The van der Waals surface area contributed by atoms with Crippen LogP contribution in [0.1, 0.15) is 19.8 Å². The van der Waals surface area contributed by atoms with Crippen LogP contribution >= 0.6 is 0 Å². The van der Waals surface area contributed by atoms with Crippen LogP contribution in [-0.2, 0) is 19.5 Å². The van der Waals surface area contributed by atoms with Crippen molar-refractivity contribution in [2.24, 2.45) is 0 Å². The van der Waals surface area contributed by atoms with Gasteiger partial charge < -0.3 is 9.80 Å². The summed E-state index contributed by atoms with van der Waals surface area (Å²) in [6.45, 7) is 5.47. The molecule has 1 aliphatic rings. The predicted octanol–water partition coefficient (Wildman–Crippen LogP) is 3.20. The van der Waals surface area contributed by atoms with Gasteiger partial charge in [0, 0.05) is 25.2 Å².